The fraction of sp³-hybridized carbons (Fsp3) is 0.314. The summed E-state index contributed by atoms with van der Waals surface area (Å²) in [5.41, 5.74) is 2.90. The van der Waals surface area contributed by atoms with Crippen LogP contribution in [0.25, 0.3) is 0 Å². The second-order valence-corrected chi connectivity index (χ2v) is 11.6. The molecule has 0 aliphatic carbocycles. The van der Waals surface area contributed by atoms with Gasteiger partial charge in [0.15, 0.2) is 5.60 Å². The normalized spacial score (nSPS) is 19.7. The lowest BCUT2D eigenvalue weighted by molar-refractivity contribution is -0.139. The standard InChI is InChI=1S/C35H38N6O4/c1-25(10-7-8-18-39-23-31(37-38-39)29(24-42)27-12-3-2-4-13-27)35(45)30-15-5-6-16-32(30)41(34(35)44)22-26-11-9-14-28(20-26)40-19-17-36-21-33(40)43/h2-7,9-16,20,23,25,29,36,42,45H,8,17-19,21-22,24H2,1H3/b10-7+/t25-,29?,35+/m0/s1. The third-order valence-corrected chi connectivity index (χ3v) is 8.74. The first-order valence-electron chi connectivity index (χ1n) is 15.4. The molecule has 1 aromatic heterocycles. The van der Waals surface area contributed by atoms with E-state index in [0.717, 1.165) is 23.4 Å². The smallest absolute Gasteiger partial charge is 0.264 e. The van der Waals surface area contributed by atoms with Crippen molar-refractivity contribution in [1.82, 2.24) is 20.3 Å². The van der Waals surface area contributed by atoms with Crippen molar-refractivity contribution in [2.75, 3.05) is 36.0 Å². The van der Waals surface area contributed by atoms with E-state index in [4.69, 9.17) is 0 Å². The number of nitrogens with one attached hydrogen (secondary N) is 1. The molecule has 3 N–H and O–H groups in total. The summed E-state index contributed by atoms with van der Waals surface area (Å²) in [5.74, 6) is -1.10. The summed E-state index contributed by atoms with van der Waals surface area (Å²) in [6.07, 6.45) is 6.31. The van der Waals surface area contributed by atoms with Gasteiger partial charge in [0, 0.05) is 43.0 Å². The van der Waals surface area contributed by atoms with Crippen LogP contribution < -0.4 is 15.1 Å². The summed E-state index contributed by atoms with van der Waals surface area (Å²) in [5, 5.41) is 33.5. The Balaban J connectivity index is 1.14. The minimum Gasteiger partial charge on any atom is -0.395 e. The van der Waals surface area contributed by atoms with Crippen molar-refractivity contribution in [3.63, 3.8) is 0 Å². The summed E-state index contributed by atoms with van der Waals surface area (Å²) in [6, 6.07) is 24.8. The van der Waals surface area contributed by atoms with Crippen LogP contribution in [-0.2, 0) is 28.3 Å². The molecule has 4 aromatic rings. The third-order valence-electron chi connectivity index (χ3n) is 8.74. The van der Waals surface area contributed by atoms with Gasteiger partial charge in [0.25, 0.3) is 5.91 Å². The molecule has 10 nitrogen and oxygen atoms in total. The first kappa shape index (κ1) is 30.4. The van der Waals surface area contributed by atoms with Gasteiger partial charge >= 0.3 is 0 Å². The molecular formula is C35H38N6O4. The first-order chi connectivity index (χ1) is 21.9. The number of aromatic nitrogens is 3. The van der Waals surface area contributed by atoms with Gasteiger partial charge in [-0.1, -0.05) is 85.0 Å². The maximum atomic E-state index is 14.0. The van der Waals surface area contributed by atoms with Crippen molar-refractivity contribution in [3.05, 3.63) is 120 Å². The van der Waals surface area contributed by atoms with Gasteiger partial charge in [-0.3, -0.25) is 14.3 Å². The van der Waals surface area contributed by atoms with E-state index in [9.17, 15) is 19.8 Å². The van der Waals surface area contributed by atoms with Gasteiger partial charge in [0.05, 0.1) is 37.0 Å². The Morgan fingerprint density at radius 2 is 1.84 bits per heavy atom. The number of benzene rings is 3. The monoisotopic (exact) mass is 606 g/mol. The highest BCUT2D eigenvalue weighted by atomic mass is 16.3. The molecule has 1 saturated heterocycles. The quantitative estimate of drug-likeness (QED) is 0.224. The van der Waals surface area contributed by atoms with Gasteiger partial charge < -0.3 is 25.3 Å². The molecule has 3 atom stereocenters. The molecule has 1 fully saturated rings. The van der Waals surface area contributed by atoms with E-state index in [1.165, 1.54) is 0 Å². The Hall–Kier alpha value is -4.64. The van der Waals surface area contributed by atoms with E-state index >= 15 is 0 Å². The molecule has 0 spiro atoms. The number of carbonyl (C=O) groups excluding carboxylic acids is 2. The number of rotatable bonds is 11. The van der Waals surface area contributed by atoms with Crippen LogP contribution in [0.5, 0.6) is 0 Å². The maximum Gasteiger partial charge on any atom is 0.264 e. The molecule has 6 rings (SSSR count). The number of piperazine rings is 1. The van der Waals surface area contributed by atoms with Crippen LogP contribution in [0.4, 0.5) is 11.4 Å². The number of hydrogen-bond acceptors (Lipinski definition) is 7. The van der Waals surface area contributed by atoms with Gasteiger partial charge in [-0.2, -0.15) is 0 Å². The number of nitrogens with zero attached hydrogens (tertiary/aromatic N) is 5. The molecule has 3 heterocycles. The zero-order valence-electron chi connectivity index (χ0n) is 25.3. The molecule has 0 bridgehead atoms. The predicted molar refractivity (Wildman–Crippen MR) is 172 cm³/mol. The molecule has 2 aliphatic rings. The van der Waals surface area contributed by atoms with Gasteiger partial charge in [0.1, 0.15) is 0 Å². The number of aryl methyl sites for hydroxylation is 1. The molecular weight excluding hydrogens is 568 g/mol. The SMILES string of the molecule is C[C@@H](/C=C/CCn1cc(C(CO)c2ccccc2)nn1)[C@]1(O)C(=O)N(Cc2cccc(N3CCNCC3=O)c2)c2ccccc21. The summed E-state index contributed by atoms with van der Waals surface area (Å²) in [7, 11) is 0. The predicted octanol–water partition coefficient (Wildman–Crippen LogP) is 3.36. The first-order valence-corrected chi connectivity index (χ1v) is 15.4. The molecule has 0 saturated carbocycles. The minimum absolute atomic E-state index is 0.0155. The summed E-state index contributed by atoms with van der Waals surface area (Å²) < 4.78 is 1.74. The number of amides is 2. The molecule has 232 valence electrons. The zero-order chi connectivity index (χ0) is 31.4. The Labute approximate surface area is 262 Å². The maximum absolute atomic E-state index is 14.0. The van der Waals surface area contributed by atoms with E-state index in [1.807, 2.05) is 104 Å². The van der Waals surface area contributed by atoms with Crippen LogP contribution in [0, 0.1) is 5.92 Å². The fourth-order valence-electron chi connectivity index (χ4n) is 6.23. The van der Waals surface area contributed by atoms with Gasteiger partial charge in [0.2, 0.25) is 5.91 Å². The minimum atomic E-state index is -1.72. The highest BCUT2D eigenvalue weighted by Crippen LogP contribution is 2.45. The Morgan fingerprint density at radius 3 is 2.64 bits per heavy atom. The lowest BCUT2D eigenvalue weighted by Gasteiger charge is -2.29. The van der Waals surface area contributed by atoms with Crippen molar-refractivity contribution >= 4 is 23.2 Å². The van der Waals surface area contributed by atoms with Gasteiger partial charge in [-0.25, -0.2) is 0 Å². The number of hydrogen-bond donors (Lipinski definition) is 3. The van der Waals surface area contributed by atoms with Crippen molar-refractivity contribution in [1.29, 1.82) is 0 Å². The average Bonchev–Trinajstić information content (AvgIpc) is 3.62. The second-order valence-electron chi connectivity index (χ2n) is 11.6. The van der Waals surface area contributed by atoms with E-state index < -0.39 is 11.5 Å². The molecule has 45 heavy (non-hydrogen) atoms. The van der Waals surface area contributed by atoms with Crippen molar-refractivity contribution in [2.45, 2.75) is 38.0 Å². The molecule has 1 unspecified atom stereocenters. The van der Waals surface area contributed by atoms with Crippen LogP contribution in [0.3, 0.4) is 0 Å². The highest BCUT2D eigenvalue weighted by Gasteiger charge is 2.52. The second kappa shape index (κ2) is 13.2. The number of allylic oxidation sites excluding steroid dienone is 1. The van der Waals surface area contributed by atoms with E-state index in [-0.39, 0.29) is 30.9 Å². The zero-order valence-corrected chi connectivity index (χ0v) is 25.3. The summed E-state index contributed by atoms with van der Waals surface area (Å²) in [6.45, 7) is 4.24. The van der Waals surface area contributed by atoms with Crippen molar-refractivity contribution < 1.29 is 19.8 Å². The van der Waals surface area contributed by atoms with Crippen molar-refractivity contribution in [3.8, 4) is 0 Å². The number of aliphatic hydroxyl groups excluding tert-OH is 1. The number of anilines is 2. The topological polar surface area (TPSA) is 124 Å². The molecule has 2 amide bonds. The fourth-order valence-corrected chi connectivity index (χ4v) is 6.23. The van der Waals surface area contributed by atoms with E-state index in [2.05, 4.69) is 15.6 Å². The van der Waals surface area contributed by atoms with E-state index in [0.29, 0.717) is 43.0 Å². The van der Waals surface area contributed by atoms with Crippen LogP contribution in [0.15, 0.2) is 97.2 Å². The number of para-hydroxylation sites is 1. The molecule has 2 aliphatic heterocycles. The number of aliphatic hydroxyl groups is 2. The lowest BCUT2D eigenvalue weighted by Crippen LogP contribution is -2.48. The van der Waals surface area contributed by atoms with Gasteiger partial charge in [-0.15, -0.1) is 5.10 Å². The van der Waals surface area contributed by atoms with Gasteiger partial charge in [-0.05, 0) is 35.7 Å². The number of carbonyl (C=O) groups is 2. The summed E-state index contributed by atoms with van der Waals surface area (Å²) in [4.78, 5) is 29.8. The molecule has 0 radical (unpaired) electrons. The highest BCUT2D eigenvalue weighted by molar-refractivity contribution is 6.07. The molecule has 3 aromatic carbocycles. The average molecular weight is 607 g/mol. The number of fused-ring (bicyclic) bond motifs is 1. The van der Waals surface area contributed by atoms with Crippen LogP contribution in [-0.4, -0.2) is 63.3 Å². The Bertz CT molecular complexity index is 1690. The lowest BCUT2D eigenvalue weighted by atomic mass is 9.83. The van der Waals surface area contributed by atoms with Crippen molar-refractivity contribution in [2.24, 2.45) is 5.92 Å². The van der Waals surface area contributed by atoms with Crippen LogP contribution >= 0.6 is 0 Å². The van der Waals surface area contributed by atoms with E-state index in [1.54, 1.807) is 14.5 Å². The van der Waals surface area contributed by atoms with Crippen LogP contribution in [0.1, 0.15) is 41.6 Å². The largest absolute Gasteiger partial charge is 0.395 e. The Kier molecular flexibility index (Phi) is 8.88. The Morgan fingerprint density at radius 1 is 1.04 bits per heavy atom. The summed E-state index contributed by atoms with van der Waals surface area (Å²) >= 11 is 0. The third kappa shape index (κ3) is 6.04. The molecule has 10 heteroatoms. The van der Waals surface area contributed by atoms with Crippen LogP contribution in [0.2, 0.25) is 0 Å².